The van der Waals surface area contributed by atoms with E-state index < -0.39 is 0 Å². The highest BCUT2D eigenvalue weighted by Crippen LogP contribution is 2.24. The van der Waals surface area contributed by atoms with Crippen molar-refractivity contribution in [3.63, 3.8) is 0 Å². The number of nitrogens with one attached hydrogen (secondary N) is 2. The minimum absolute atomic E-state index is 0.278. The van der Waals surface area contributed by atoms with Crippen LogP contribution in [0.4, 0.5) is 17.3 Å². The molecular formula is C19H13N7O2. The summed E-state index contributed by atoms with van der Waals surface area (Å²) in [7, 11) is 0. The summed E-state index contributed by atoms with van der Waals surface area (Å²) in [6, 6.07) is 19.2. The third-order valence-corrected chi connectivity index (χ3v) is 3.96. The maximum Gasteiger partial charge on any atom is 0.245 e. The van der Waals surface area contributed by atoms with Gasteiger partial charge < -0.3 is 9.73 Å². The van der Waals surface area contributed by atoms with Gasteiger partial charge in [0.25, 0.3) is 0 Å². The summed E-state index contributed by atoms with van der Waals surface area (Å²) < 4.78 is 10.4. The molecule has 2 N–H and O–H groups in total. The van der Waals surface area contributed by atoms with Crippen molar-refractivity contribution in [2.75, 3.05) is 10.7 Å². The van der Waals surface area contributed by atoms with E-state index in [0.29, 0.717) is 23.0 Å². The molecule has 0 saturated heterocycles. The number of hydrazone groups is 1. The average molecular weight is 371 g/mol. The Morgan fingerprint density at radius 1 is 0.857 bits per heavy atom. The number of benzene rings is 2. The van der Waals surface area contributed by atoms with Crippen LogP contribution in [0.2, 0.25) is 0 Å². The van der Waals surface area contributed by atoms with Crippen molar-refractivity contribution in [3.8, 4) is 0 Å². The number of hydrogen-bond acceptors (Lipinski definition) is 9. The van der Waals surface area contributed by atoms with Gasteiger partial charge in [-0.2, -0.15) is 10.1 Å². The van der Waals surface area contributed by atoms with Crippen LogP contribution in [0.5, 0.6) is 0 Å². The largest absolute Gasteiger partial charge is 0.455 e. The first-order valence-electron chi connectivity index (χ1n) is 8.45. The average Bonchev–Trinajstić information content (AvgIpc) is 3.34. The lowest BCUT2D eigenvalue weighted by Gasteiger charge is -2.08. The van der Waals surface area contributed by atoms with E-state index in [4.69, 9.17) is 9.05 Å². The SMILES string of the molecule is C(=N\Nc1nc2nonc2nc1Nc1ccccc1)/c1cc2ccccc2o1. The quantitative estimate of drug-likeness (QED) is 0.353. The fraction of sp³-hybridized carbons (Fsp3) is 0. The molecule has 0 aliphatic rings. The van der Waals surface area contributed by atoms with Crippen LogP contribution < -0.4 is 10.7 Å². The molecule has 0 spiro atoms. The Balaban J connectivity index is 1.44. The highest BCUT2D eigenvalue weighted by Gasteiger charge is 2.12. The third kappa shape index (κ3) is 3.12. The van der Waals surface area contributed by atoms with Gasteiger partial charge in [0.1, 0.15) is 11.3 Å². The molecular weight excluding hydrogens is 358 g/mol. The highest BCUT2D eigenvalue weighted by atomic mass is 16.6. The Morgan fingerprint density at radius 2 is 1.61 bits per heavy atom. The van der Waals surface area contributed by atoms with Crippen LogP contribution in [-0.2, 0) is 0 Å². The second kappa shape index (κ2) is 6.80. The minimum Gasteiger partial charge on any atom is -0.455 e. The van der Waals surface area contributed by atoms with E-state index in [1.54, 1.807) is 6.21 Å². The first-order chi connectivity index (χ1) is 13.8. The number of anilines is 3. The standard InChI is InChI=1S/C19H13N7O2/c1-2-7-13(8-3-1)21-16-17(23-19-18(22-16)25-28-26-19)24-20-11-14-10-12-6-4-5-9-15(12)27-14/h1-11H,(H,21,22,25)(H,23,24,26)/b20-11+. The maximum absolute atomic E-state index is 5.71. The topological polar surface area (TPSA) is 114 Å². The predicted molar refractivity (Wildman–Crippen MR) is 105 cm³/mol. The molecule has 0 saturated carbocycles. The summed E-state index contributed by atoms with van der Waals surface area (Å²) >= 11 is 0. The fourth-order valence-electron chi connectivity index (χ4n) is 2.68. The van der Waals surface area contributed by atoms with Crippen LogP contribution in [-0.4, -0.2) is 26.5 Å². The highest BCUT2D eigenvalue weighted by molar-refractivity contribution is 5.87. The van der Waals surface area contributed by atoms with Crippen molar-refractivity contribution < 1.29 is 9.05 Å². The van der Waals surface area contributed by atoms with Crippen molar-refractivity contribution in [3.05, 3.63) is 66.4 Å². The zero-order chi connectivity index (χ0) is 18.8. The molecule has 0 bridgehead atoms. The van der Waals surface area contributed by atoms with E-state index in [2.05, 4.69) is 36.1 Å². The van der Waals surface area contributed by atoms with Crippen molar-refractivity contribution in [2.24, 2.45) is 5.10 Å². The summed E-state index contributed by atoms with van der Waals surface area (Å²) in [5.74, 6) is 1.43. The molecule has 0 amide bonds. The molecule has 136 valence electrons. The fourth-order valence-corrected chi connectivity index (χ4v) is 2.68. The molecule has 28 heavy (non-hydrogen) atoms. The molecule has 0 aliphatic carbocycles. The first kappa shape index (κ1) is 15.9. The number of para-hydroxylation sites is 2. The van der Waals surface area contributed by atoms with E-state index in [1.165, 1.54) is 0 Å². The van der Waals surface area contributed by atoms with Gasteiger partial charge >= 0.3 is 0 Å². The van der Waals surface area contributed by atoms with E-state index in [-0.39, 0.29) is 5.65 Å². The summed E-state index contributed by atoms with van der Waals surface area (Å²) in [6.07, 6.45) is 1.57. The van der Waals surface area contributed by atoms with Crippen LogP contribution in [0.3, 0.4) is 0 Å². The number of aromatic nitrogens is 4. The number of fused-ring (bicyclic) bond motifs is 2. The van der Waals surface area contributed by atoms with Gasteiger partial charge in [0.05, 0.1) is 6.21 Å². The molecule has 3 heterocycles. The minimum atomic E-state index is 0.278. The van der Waals surface area contributed by atoms with Crippen molar-refractivity contribution in [2.45, 2.75) is 0 Å². The Morgan fingerprint density at radius 3 is 2.43 bits per heavy atom. The number of rotatable bonds is 5. The summed E-state index contributed by atoms with van der Waals surface area (Å²) in [4.78, 5) is 8.75. The lowest BCUT2D eigenvalue weighted by molar-refractivity contribution is 0.314. The predicted octanol–water partition coefficient (Wildman–Crippen LogP) is 3.95. The zero-order valence-electron chi connectivity index (χ0n) is 14.4. The van der Waals surface area contributed by atoms with Crippen molar-refractivity contribution in [1.29, 1.82) is 0 Å². The molecule has 5 rings (SSSR count). The van der Waals surface area contributed by atoms with Gasteiger partial charge in [0, 0.05) is 11.1 Å². The van der Waals surface area contributed by atoms with Gasteiger partial charge in [0.2, 0.25) is 11.3 Å². The van der Waals surface area contributed by atoms with Crippen LogP contribution in [0.1, 0.15) is 5.76 Å². The number of furan rings is 1. The van der Waals surface area contributed by atoms with Gasteiger partial charge in [0.15, 0.2) is 11.6 Å². The van der Waals surface area contributed by atoms with Crippen molar-refractivity contribution >= 4 is 45.8 Å². The molecule has 0 unspecified atom stereocenters. The number of nitrogens with zero attached hydrogens (tertiary/aromatic N) is 5. The van der Waals surface area contributed by atoms with Gasteiger partial charge in [-0.05, 0) is 34.6 Å². The lowest BCUT2D eigenvalue weighted by Crippen LogP contribution is -2.03. The van der Waals surface area contributed by atoms with Gasteiger partial charge in [-0.15, -0.1) is 0 Å². The summed E-state index contributed by atoms with van der Waals surface area (Å²) in [6.45, 7) is 0. The van der Waals surface area contributed by atoms with Gasteiger partial charge in [-0.25, -0.2) is 9.61 Å². The smallest absolute Gasteiger partial charge is 0.245 e. The van der Waals surface area contributed by atoms with Crippen LogP contribution >= 0.6 is 0 Å². The van der Waals surface area contributed by atoms with Gasteiger partial charge in [-0.1, -0.05) is 36.4 Å². The van der Waals surface area contributed by atoms with E-state index in [0.717, 1.165) is 16.7 Å². The first-order valence-corrected chi connectivity index (χ1v) is 8.45. The number of hydrogen-bond donors (Lipinski definition) is 2. The normalized spacial score (nSPS) is 11.4. The lowest BCUT2D eigenvalue weighted by atomic mass is 10.2. The molecule has 0 atom stereocenters. The molecule has 9 heteroatoms. The third-order valence-electron chi connectivity index (χ3n) is 3.96. The monoisotopic (exact) mass is 371 g/mol. The van der Waals surface area contributed by atoms with Crippen molar-refractivity contribution in [1.82, 2.24) is 20.3 Å². The summed E-state index contributed by atoms with van der Waals surface area (Å²) in [5, 5.41) is 15.9. The Kier molecular flexibility index (Phi) is 3.87. The molecule has 9 nitrogen and oxygen atoms in total. The van der Waals surface area contributed by atoms with E-state index >= 15 is 0 Å². The summed E-state index contributed by atoms with van der Waals surface area (Å²) in [5.41, 5.74) is 5.09. The molecule has 5 aromatic rings. The second-order valence-corrected chi connectivity index (χ2v) is 5.88. The molecule has 0 radical (unpaired) electrons. The molecule has 3 aromatic heterocycles. The van der Waals surface area contributed by atoms with Crippen LogP contribution in [0.15, 0.2) is 74.8 Å². The molecule has 0 aliphatic heterocycles. The maximum atomic E-state index is 5.71. The molecule has 2 aromatic carbocycles. The van der Waals surface area contributed by atoms with Crippen LogP contribution in [0.25, 0.3) is 22.3 Å². The molecule has 0 fully saturated rings. The van der Waals surface area contributed by atoms with E-state index in [1.807, 2.05) is 60.7 Å². The van der Waals surface area contributed by atoms with Crippen LogP contribution in [0, 0.1) is 0 Å². The second-order valence-electron chi connectivity index (χ2n) is 5.88. The Bertz CT molecular complexity index is 1240. The zero-order valence-corrected chi connectivity index (χ0v) is 14.4. The Labute approximate surface area is 158 Å². The van der Waals surface area contributed by atoms with E-state index in [9.17, 15) is 0 Å². The Hall–Kier alpha value is -4.27. The van der Waals surface area contributed by atoms with Gasteiger partial charge in [-0.3, -0.25) is 5.43 Å².